The van der Waals surface area contributed by atoms with Crippen molar-refractivity contribution in [2.24, 2.45) is 0 Å². The molecule has 1 N–H and O–H groups in total. The molecule has 1 heterocycles. The summed E-state index contributed by atoms with van der Waals surface area (Å²) in [7, 11) is 1.41. The Morgan fingerprint density at radius 2 is 1.84 bits per heavy atom. The van der Waals surface area contributed by atoms with Crippen LogP contribution < -0.4 is 0 Å². The minimum atomic E-state index is -0.217. The monoisotopic (exact) mass is 255 g/mol. The number of methoxy groups -OCH3 is 1. The molecule has 98 valence electrons. The number of hydrogen-bond acceptors (Lipinski definition) is 2. The number of carbonyl (C=O) groups excluding carboxylic acids is 1. The van der Waals surface area contributed by atoms with Gasteiger partial charge in [0.1, 0.15) is 0 Å². The predicted octanol–water partition coefficient (Wildman–Crippen LogP) is 3.67. The van der Waals surface area contributed by atoms with Crippen LogP contribution in [0.15, 0.2) is 42.5 Å². The molecule has 0 atom stereocenters. The van der Waals surface area contributed by atoms with Crippen molar-refractivity contribution in [2.45, 2.75) is 13.8 Å². The average Bonchev–Trinajstić information content (AvgIpc) is 2.76. The smallest absolute Gasteiger partial charge is 0.309 e. The molecule has 19 heavy (non-hydrogen) atoms. The largest absolute Gasteiger partial charge is 0.469 e. The van der Waals surface area contributed by atoms with Gasteiger partial charge in [-0.25, -0.2) is 0 Å². The number of esters is 1. The molecule has 0 aliphatic heterocycles. The minimum Gasteiger partial charge on any atom is -0.469 e. The second-order valence-corrected chi connectivity index (χ2v) is 4.30. The topological polar surface area (TPSA) is 42.1 Å². The minimum absolute atomic E-state index is 0. The highest BCUT2D eigenvalue weighted by molar-refractivity contribution is 6.07. The molecular weight excluding hydrogens is 238 g/mol. The third kappa shape index (κ3) is 2.32. The third-order valence-corrected chi connectivity index (χ3v) is 3.15. The van der Waals surface area contributed by atoms with E-state index in [0.717, 1.165) is 16.6 Å². The molecule has 3 heteroatoms. The van der Waals surface area contributed by atoms with E-state index in [1.807, 2.05) is 30.3 Å². The van der Waals surface area contributed by atoms with Gasteiger partial charge in [0.05, 0.1) is 13.5 Å². The molecule has 0 unspecified atom stereocenters. The predicted molar refractivity (Wildman–Crippen MR) is 78.3 cm³/mol. The Morgan fingerprint density at radius 1 is 1.11 bits per heavy atom. The number of aromatic nitrogens is 1. The summed E-state index contributed by atoms with van der Waals surface area (Å²) >= 11 is 0. The molecule has 0 aliphatic carbocycles. The number of rotatable bonds is 2. The number of carbonyl (C=O) groups is 1. The number of H-pyrrole nitrogens is 1. The Morgan fingerprint density at radius 3 is 2.63 bits per heavy atom. The van der Waals surface area contributed by atoms with Gasteiger partial charge >= 0.3 is 5.97 Å². The summed E-state index contributed by atoms with van der Waals surface area (Å²) in [5, 5.41) is 2.39. The van der Waals surface area contributed by atoms with E-state index in [1.54, 1.807) is 0 Å². The molecule has 2 aromatic carbocycles. The van der Waals surface area contributed by atoms with Crippen molar-refractivity contribution in [3.05, 3.63) is 48.0 Å². The molecule has 0 bridgehead atoms. The molecular formula is C16H17NO2. The first-order chi connectivity index (χ1) is 8.78. The van der Waals surface area contributed by atoms with Crippen LogP contribution in [0.1, 0.15) is 13.0 Å². The second kappa shape index (κ2) is 5.14. The number of aromatic amines is 1. The summed E-state index contributed by atoms with van der Waals surface area (Å²) in [6.45, 7) is 0. The van der Waals surface area contributed by atoms with Crippen molar-refractivity contribution >= 4 is 27.8 Å². The van der Waals surface area contributed by atoms with Gasteiger partial charge in [-0.15, -0.1) is 0 Å². The number of fused-ring (bicyclic) bond motifs is 3. The number of nitrogens with one attached hydrogen (secondary N) is 1. The zero-order valence-corrected chi connectivity index (χ0v) is 10.1. The molecule has 3 nitrogen and oxygen atoms in total. The zero-order chi connectivity index (χ0) is 12.5. The van der Waals surface area contributed by atoms with E-state index in [4.69, 9.17) is 0 Å². The molecule has 3 rings (SSSR count). The van der Waals surface area contributed by atoms with E-state index in [-0.39, 0.29) is 13.4 Å². The molecule has 1 aromatic heterocycles. The van der Waals surface area contributed by atoms with Gasteiger partial charge in [-0.1, -0.05) is 37.8 Å². The summed E-state index contributed by atoms with van der Waals surface area (Å²) in [6.07, 6.45) is 0.307. The molecule has 0 saturated carbocycles. The summed E-state index contributed by atoms with van der Waals surface area (Å²) in [5.41, 5.74) is 3.13. The highest BCUT2D eigenvalue weighted by atomic mass is 16.5. The molecule has 3 aromatic rings. The lowest BCUT2D eigenvalue weighted by molar-refractivity contribution is -0.139. The van der Waals surface area contributed by atoms with E-state index in [1.165, 1.54) is 17.9 Å². The van der Waals surface area contributed by atoms with E-state index in [0.29, 0.717) is 6.42 Å². The highest BCUT2D eigenvalue weighted by Crippen LogP contribution is 2.25. The van der Waals surface area contributed by atoms with Crippen LogP contribution in [0, 0.1) is 0 Å². The fourth-order valence-electron chi connectivity index (χ4n) is 2.25. The summed E-state index contributed by atoms with van der Waals surface area (Å²) < 4.78 is 4.68. The van der Waals surface area contributed by atoms with Gasteiger partial charge in [0.15, 0.2) is 0 Å². The fraction of sp³-hybridized carbons (Fsp3) is 0.188. The van der Waals surface area contributed by atoms with Gasteiger partial charge in [0, 0.05) is 21.8 Å². The zero-order valence-electron chi connectivity index (χ0n) is 10.1. The van der Waals surface area contributed by atoms with Crippen LogP contribution >= 0.6 is 0 Å². The van der Waals surface area contributed by atoms with Gasteiger partial charge in [-0.2, -0.15) is 0 Å². The lowest BCUT2D eigenvalue weighted by atomic mass is 10.1. The maximum Gasteiger partial charge on any atom is 0.309 e. The first-order valence-electron chi connectivity index (χ1n) is 5.84. The number of hydrogen-bond donors (Lipinski definition) is 1. The van der Waals surface area contributed by atoms with E-state index in [2.05, 4.69) is 21.9 Å². The Hall–Kier alpha value is -2.29. The van der Waals surface area contributed by atoms with E-state index < -0.39 is 0 Å². The van der Waals surface area contributed by atoms with Gasteiger partial charge < -0.3 is 9.72 Å². The van der Waals surface area contributed by atoms with Crippen LogP contribution in [0.3, 0.4) is 0 Å². The molecule has 0 saturated heterocycles. The maximum atomic E-state index is 11.3. The van der Waals surface area contributed by atoms with Crippen molar-refractivity contribution in [3.8, 4) is 0 Å². The Kier molecular flexibility index (Phi) is 3.56. The number of benzene rings is 2. The lowest BCUT2D eigenvalue weighted by Gasteiger charge is -2.00. The van der Waals surface area contributed by atoms with Crippen molar-refractivity contribution in [2.75, 3.05) is 7.11 Å². The van der Waals surface area contributed by atoms with Crippen molar-refractivity contribution in [1.82, 2.24) is 4.98 Å². The Labute approximate surface area is 112 Å². The van der Waals surface area contributed by atoms with Crippen LogP contribution in [0.25, 0.3) is 21.8 Å². The van der Waals surface area contributed by atoms with Gasteiger partial charge in [-0.3, -0.25) is 4.79 Å². The van der Waals surface area contributed by atoms with Crippen LogP contribution in [0.5, 0.6) is 0 Å². The Bertz CT molecular complexity index is 728. The van der Waals surface area contributed by atoms with E-state index in [9.17, 15) is 4.79 Å². The number of ether oxygens (including phenoxy) is 1. The summed E-state index contributed by atoms with van der Waals surface area (Å²) in [6, 6.07) is 14.2. The first-order valence-corrected chi connectivity index (χ1v) is 5.84. The Balaban J connectivity index is 0.00000133. The summed E-state index contributed by atoms with van der Waals surface area (Å²) in [5.74, 6) is -0.217. The SMILES string of the molecule is C.COC(=O)Cc1ccc2c(c1)[nH]c1ccccc12. The van der Waals surface area contributed by atoms with E-state index >= 15 is 0 Å². The third-order valence-electron chi connectivity index (χ3n) is 3.15. The van der Waals surface area contributed by atoms with Crippen LogP contribution in [-0.2, 0) is 16.0 Å². The van der Waals surface area contributed by atoms with Crippen LogP contribution in [-0.4, -0.2) is 18.1 Å². The number of para-hydroxylation sites is 1. The molecule has 0 aliphatic rings. The second-order valence-electron chi connectivity index (χ2n) is 4.30. The standard InChI is InChI=1S/C15H13NO2.CH4/c1-18-15(17)9-10-6-7-12-11-4-2-3-5-13(11)16-14(12)8-10;/h2-8,16H,9H2,1H3;1H4. The van der Waals surface area contributed by atoms with Gasteiger partial charge in [0.2, 0.25) is 0 Å². The average molecular weight is 255 g/mol. The van der Waals surface area contributed by atoms with Crippen LogP contribution in [0.4, 0.5) is 0 Å². The molecule has 0 radical (unpaired) electrons. The molecule has 0 fully saturated rings. The van der Waals surface area contributed by atoms with Crippen molar-refractivity contribution < 1.29 is 9.53 Å². The maximum absolute atomic E-state index is 11.3. The van der Waals surface area contributed by atoms with Crippen molar-refractivity contribution in [3.63, 3.8) is 0 Å². The van der Waals surface area contributed by atoms with Gasteiger partial charge in [-0.05, 0) is 17.7 Å². The first kappa shape index (κ1) is 13.1. The van der Waals surface area contributed by atoms with Crippen molar-refractivity contribution in [1.29, 1.82) is 0 Å². The highest BCUT2D eigenvalue weighted by Gasteiger charge is 2.07. The lowest BCUT2D eigenvalue weighted by Crippen LogP contribution is -2.04. The summed E-state index contributed by atoms with van der Waals surface area (Å²) in [4.78, 5) is 14.6. The quantitative estimate of drug-likeness (QED) is 0.710. The van der Waals surface area contributed by atoms with Gasteiger partial charge in [0.25, 0.3) is 0 Å². The molecule has 0 amide bonds. The fourth-order valence-corrected chi connectivity index (χ4v) is 2.25. The normalized spacial score (nSPS) is 10.4. The molecule has 0 spiro atoms. The van der Waals surface area contributed by atoms with Crippen LogP contribution in [0.2, 0.25) is 0 Å².